The molecule has 0 radical (unpaired) electrons. The average molecular weight is 254 g/mol. The third kappa shape index (κ3) is 24.4. The van der Waals surface area contributed by atoms with Crippen LogP contribution in [0.4, 0.5) is 0 Å². The third-order valence-corrected chi connectivity index (χ3v) is 2.05. The van der Waals surface area contributed by atoms with Crippen molar-refractivity contribution in [3.8, 4) is 0 Å². The Morgan fingerprint density at radius 2 is 1.39 bits per heavy atom. The standard InChI is InChI=1S/C8H16O.C8H14O/c2*1-7(9)5-6-8(2,3)4/h5-6H2,1-4H3;5-6H,1-4H3. The number of rotatable bonds is 3. The van der Waals surface area contributed by atoms with E-state index in [1.807, 2.05) is 6.08 Å². The molecule has 2 heteroatoms. The van der Waals surface area contributed by atoms with Gasteiger partial charge in [-0.2, -0.15) is 0 Å². The zero-order valence-corrected chi connectivity index (χ0v) is 13.4. The van der Waals surface area contributed by atoms with Crippen molar-refractivity contribution in [2.75, 3.05) is 0 Å². The molecule has 0 amide bonds. The third-order valence-electron chi connectivity index (χ3n) is 2.05. The summed E-state index contributed by atoms with van der Waals surface area (Å²) in [4.78, 5) is 20.9. The molecule has 18 heavy (non-hydrogen) atoms. The molecule has 106 valence electrons. The normalized spacial score (nSPS) is 12.0. The van der Waals surface area contributed by atoms with Crippen molar-refractivity contribution in [3.05, 3.63) is 12.2 Å². The van der Waals surface area contributed by atoms with Crippen LogP contribution in [0, 0.1) is 10.8 Å². The predicted octanol–water partition coefficient (Wildman–Crippen LogP) is 4.58. The molecule has 0 fully saturated rings. The Labute approximate surface area is 113 Å². The van der Waals surface area contributed by atoms with E-state index in [0.717, 1.165) is 12.8 Å². The van der Waals surface area contributed by atoms with Crippen LogP contribution in [0.1, 0.15) is 68.2 Å². The van der Waals surface area contributed by atoms with Crippen LogP contribution < -0.4 is 0 Å². The van der Waals surface area contributed by atoms with E-state index in [1.165, 1.54) is 0 Å². The maximum atomic E-state index is 10.5. The van der Waals surface area contributed by atoms with E-state index in [2.05, 4.69) is 41.5 Å². The zero-order valence-electron chi connectivity index (χ0n) is 13.4. The monoisotopic (exact) mass is 254 g/mol. The van der Waals surface area contributed by atoms with Crippen molar-refractivity contribution in [1.29, 1.82) is 0 Å². The Bertz CT molecular complexity index is 285. The zero-order chi connectivity index (χ0) is 15.0. The van der Waals surface area contributed by atoms with E-state index in [1.54, 1.807) is 19.9 Å². The lowest BCUT2D eigenvalue weighted by Crippen LogP contribution is -2.06. The van der Waals surface area contributed by atoms with Gasteiger partial charge in [-0.05, 0) is 37.2 Å². The highest BCUT2D eigenvalue weighted by atomic mass is 16.1. The molecule has 0 heterocycles. The van der Waals surface area contributed by atoms with Gasteiger partial charge in [0.25, 0.3) is 0 Å². The Morgan fingerprint density at radius 3 is 1.50 bits per heavy atom. The van der Waals surface area contributed by atoms with E-state index in [9.17, 15) is 9.59 Å². The van der Waals surface area contributed by atoms with Crippen LogP contribution in [0.3, 0.4) is 0 Å². The molecule has 0 saturated heterocycles. The summed E-state index contributed by atoms with van der Waals surface area (Å²) in [5, 5.41) is 0. The van der Waals surface area contributed by atoms with Crippen LogP contribution in [0.15, 0.2) is 12.2 Å². The van der Waals surface area contributed by atoms with Crippen molar-refractivity contribution in [3.63, 3.8) is 0 Å². The van der Waals surface area contributed by atoms with Gasteiger partial charge in [-0.1, -0.05) is 47.6 Å². The van der Waals surface area contributed by atoms with Crippen molar-refractivity contribution < 1.29 is 9.59 Å². The molecule has 0 aromatic heterocycles. The molecule has 0 aromatic rings. The van der Waals surface area contributed by atoms with Crippen LogP contribution in [0.5, 0.6) is 0 Å². The second-order valence-electron chi connectivity index (χ2n) is 7.07. The van der Waals surface area contributed by atoms with Gasteiger partial charge in [-0.15, -0.1) is 0 Å². The van der Waals surface area contributed by atoms with Crippen LogP contribution >= 0.6 is 0 Å². The molecule has 0 aliphatic carbocycles. The highest BCUT2D eigenvalue weighted by molar-refractivity contribution is 5.87. The maximum Gasteiger partial charge on any atom is 0.152 e. The fourth-order valence-electron chi connectivity index (χ4n) is 0.918. The Morgan fingerprint density at radius 1 is 0.944 bits per heavy atom. The molecule has 0 aliphatic heterocycles. The molecule has 0 unspecified atom stereocenters. The largest absolute Gasteiger partial charge is 0.300 e. The minimum absolute atomic E-state index is 0.116. The summed E-state index contributed by atoms with van der Waals surface area (Å²) in [6.45, 7) is 15.8. The summed E-state index contributed by atoms with van der Waals surface area (Å²) in [5.74, 6) is 0.412. The molecule has 0 aliphatic rings. The van der Waals surface area contributed by atoms with E-state index < -0.39 is 0 Å². The molecule has 2 nitrogen and oxygen atoms in total. The van der Waals surface area contributed by atoms with Crippen LogP contribution in [-0.4, -0.2) is 11.6 Å². The van der Waals surface area contributed by atoms with Crippen molar-refractivity contribution in [1.82, 2.24) is 0 Å². The number of hydrogen-bond acceptors (Lipinski definition) is 2. The van der Waals surface area contributed by atoms with Gasteiger partial charge >= 0.3 is 0 Å². The van der Waals surface area contributed by atoms with Gasteiger partial charge in [0.1, 0.15) is 5.78 Å². The first-order valence-electron chi connectivity index (χ1n) is 6.53. The fraction of sp³-hybridized carbons (Fsp3) is 0.750. The smallest absolute Gasteiger partial charge is 0.152 e. The molecule has 0 N–H and O–H groups in total. The number of ketones is 2. The van der Waals surface area contributed by atoms with Crippen LogP contribution in [0.25, 0.3) is 0 Å². The minimum atomic E-state index is 0.116. The average Bonchev–Trinajstić information content (AvgIpc) is 2.10. The van der Waals surface area contributed by atoms with Crippen molar-refractivity contribution >= 4 is 11.6 Å². The highest BCUT2D eigenvalue weighted by Gasteiger charge is 2.10. The lowest BCUT2D eigenvalue weighted by atomic mass is 9.90. The number of hydrogen-bond donors (Lipinski definition) is 0. The molecular formula is C16H30O2. The van der Waals surface area contributed by atoms with E-state index >= 15 is 0 Å². The lowest BCUT2D eigenvalue weighted by molar-refractivity contribution is -0.117. The van der Waals surface area contributed by atoms with Gasteiger partial charge in [-0.3, -0.25) is 4.79 Å². The van der Waals surface area contributed by atoms with Gasteiger partial charge in [0.2, 0.25) is 0 Å². The second-order valence-corrected chi connectivity index (χ2v) is 7.07. The Hall–Kier alpha value is -0.920. The molecule has 0 saturated carbocycles. The number of Topliss-reactive ketones (excluding diaryl/α,β-unsaturated/α-hetero) is 1. The molecule has 0 atom stereocenters. The maximum absolute atomic E-state index is 10.5. The summed E-state index contributed by atoms with van der Waals surface area (Å²) in [7, 11) is 0. The number of allylic oxidation sites excluding steroid dienone is 2. The summed E-state index contributed by atoms with van der Waals surface area (Å²) < 4.78 is 0. The summed E-state index contributed by atoms with van der Waals surface area (Å²) >= 11 is 0. The van der Waals surface area contributed by atoms with Gasteiger partial charge in [0.15, 0.2) is 5.78 Å². The Kier molecular flexibility index (Phi) is 8.88. The Balaban J connectivity index is 0. The van der Waals surface area contributed by atoms with Crippen molar-refractivity contribution in [2.45, 2.75) is 68.2 Å². The number of carbonyl (C=O) groups excluding carboxylic acids is 2. The molecular weight excluding hydrogens is 224 g/mol. The molecule has 0 aromatic carbocycles. The van der Waals surface area contributed by atoms with Crippen LogP contribution in [0.2, 0.25) is 0 Å². The van der Waals surface area contributed by atoms with E-state index in [-0.39, 0.29) is 11.2 Å². The highest BCUT2D eigenvalue weighted by Crippen LogP contribution is 2.20. The molecule has 0 bridgehead atoms. The van der Waals surface area contributed by atoms with Crippen molar-refractivity contribution in [2.24, 2.45) is 10.8 Å². The lowest BCUT2D eigenvalue weighted by Gasteiger charge is -2.15. The van der Waals surface area contributed by atoms with Gasteiger partial charge < -0.3 is 4.79 Å². The summed E-state index contributed by atoms with van der Waals surface area (Å²) in [5.41, 5.74) is 0.442. The quantitative estimate of drug-likeness (QED) is 0.691. The second kappa shape index (κ2) is 8.23. The minimum Gasteiger partial charge on any atom is -0.300 e. The summed E-state index contributed by atoms with van der Waals surface area (Å²) in [6.07, 6.45) is 5.25. The topological polar surface area (TPSA) is 34.1 Å². The SMILES string of the molecule is CC(=O)C=CC(C)(C)C.CC(=O)CCC(C)(C)C. The summed E-state index contributed by atoms with van der Waals surface area (Å²) in [6, 6.07) is 0. The molecule has 0 rings (SSSR count). The first-order valence-corrected chi connectivity index (χ1v) is 6.53. The van der Waals surface area contributed by atoms with Gasteiger partial charge in [0, 0.05) is 6.42 Å². The first kappa shape index (κ1) is 19.4. The molecule has 0 spiro atoms. The van der Waals surface area contributed by atoms with E-state index in [0.29, 0.717) is 11.2 Å². The van der Waals surface area contributed by atoms with Gasteiger partial charge in [-0.25, -0.2) is 0 Å². The number of carbonyl (C=O) groups is 2. The van der Waals surface area contributed by atoms with Gasteiger partial charge in [0.05, 0.1) is 0 Å². The fourth-order valence-corrected chi connectivity index (χ4v) is 0.918. The van der Waals surface area contributed by atoms with Crippen LogP contribution in [-0.2, 0) is 9.59 Å². The predicted molar refractivity (Wildman–Crippen MR) is 78.6 cm³/mol. The first-order chi connectivity index (χ1) is 7.83. The van der Waals surface area contributed by atoms with E-state index in [4.69, 9.17) is 0 Å².